The number of fused-ring (bicyclic) bond motifs is 1. The average molecular weight is 440 g/mol. The summed E-state index contributed by atoms with van der Waals surface area (Å²) < 4.78 is 5.46. The molecule has 0 radical (unpaired) electrons. The first-order chi connectivity index (χ1) is 16.1. The molecule has 0 aliphatic carbocycles. The van der Waals surface area contributed by atoms with Gasteiger partial charge in [0.2, 0.25) is 5.95 Å². The Labute approximate surface area is 194 Å². The zero-order valence-electron chi connectivity index (χ0n) is 19.4. The number of likely N-dealkylation sites (tertiary alicyclic amines) is 1. The number of ether oxygens (including phenoxy) is 1. The molecule has 6 nitrogen and oxygen atoms in total. The van der Waals surface area contributed by atoms with Crippen LogP contribution < -0.4 is 9.64 Å². The number of benzene rings is 2. The maximum atomic E-state index is 5.46. The molecule has 1 aliphatic heterocycles. The van der Waals surface area contributed by atoms with Gasteiger partial charge in [0.05, 0.1) is 18.3 Å². The number of pyridine rings is 1. The van der Waals surface area contributed by atoms with Crippen molar-refractivity contribution >= 4 is 16.9 Å². The molecule has 0 amide bonds. The largest absolute Gasteiger partial charge is 0.497 e. The lowest BCUT2D eigenvalue weighted by Crippen LogP contribution is -2.21. The van der Waals surface area contributed by atoms with E-state index in [2.05, 4.69) is 51.3 Å². The number of nitrogens with zero attached hydrogens (tertiary/aromatic N) is 5. The van der Waals surface area contributed by atoms with Crippen LogP contribution in [-0.2, 0) is 6.54 Å². The Kier molecular flexibility index (Phi) is 5.92. The van der Waals surface area contributed by atoms with Gasteiger partial charge in [-0.3, -0.25) is 9.88 Å². The Morgan fingerprint density at radius 2 is 1.94 bits per heavy atom. The Morgan fingerprint density at radius 1 is 1.06 bits per heavy atom. The number of aromatic nitrogens is 3. The van der Waals surface area contributed by atoms with Gasteiger partial charge in [-0.2, -0.15) is 0 Å². The molecule has 0 N–H and O–H groups in total. The number of rotatable bonds is 6. The number of hydrogen-bond donors (Lipinski definition) is 0. The lowest BCUT2D eigenvalue weighted by atomic mass is 9.96. The molecule has 2 aromatic heterocycles. The molecular weight excluding hydrogens is 410 g/mol. The molecule has 0 saturated carbocycles. The van der Waals surface area contributed by atoms with Crippen LogP contribution in [0.5, 0.6) is 5.75 Å². The van der Waals surface area contributed by atoms with Gasteiger partial charge in [-0.15, -0.1) is 0 Å². The third kappa shape index (κ3) is 4.39. The van der Waals surface area contributed by atoms with Crippen LogP contribution in [0.25, 0.3) is 22.0 Å². The topological polar surface area (TPSA) is 54.4 Å². The highest BCUT2D eigenvalue weighted by molar-refractivity contribution is 5.81. The fraction of sp³-hybridized carbons (Fsp3) is 0.296. The van der Waals surface area contributed by atoms with E-state index in [4.69, 9.17) is 9.72 Å². The van der Waals surface area contributed by atoms with Crippen molar-refractivity contribution in [1.29, 1.82) is 0 Å². The van der Waals surface area contributed by atoms with E-state index in [1.165, 1.54) is 10.9 Å². The lowest BCUT2D eigenvalue weighted by Gasteiger charge is -2.20. The maximum absolute atomic E-state index is 5.46. The molecule has 2 aromatic carbocycles. The average Bonchev–Trinajstić information content (AvgIpc) is 3.32. The quantitative estimate of drug-likeness (QED) is 0.432. The van der Waals surface area contributed by atoms with Crippen molar-refractivity contribution in [2.24, 2.45) is 0 Å². The summed E-state index contributed by atoms with van der Waals surface area (Å²) in [5.41, 5.74) is 5.67. The van der Waals surface area contributed by atoms with Gasteiger partial charge < -0.3 is 9.64 Å². The van der Waals surface area contributed by atoms with Crippen LogP contribution in [0, 0.1) is 0 Å². The van der Waals surface area contributed by atoms with E-state index in [1.54, 1.807) is 7.11 Å². The molecule has 1 atom stereocenters. The second kappa shape index (κ2) is 9.16. The first-order valence-electron chi connectivity index (χ1n) is 11.4. The smallest absolute Gasteiger partial charge is 0.225 e. The Bertz CT molecular complexity index is 1270. The maximum Gasteiger partial charge on any atom is 0.225 e. The van der Waals surface area contributed by atoms with Gasteiger partial charge in [-0.25, -0.2) is 9.97 Å². The highest BCUT2D eigenvalue weighted by atomic mass is 16.5. The Morgan fingerprint density at radius 3 is 2.79 bits per heavy atom. The summed E-state index contributed by atoms with van der Waals surface area (Å²) in [6.45, 7) is 2.93. The van der Waals surface area contributed by atoms with Crippen LogP contribution in [0.3, 0.4) is 0 Å². The fourth-order valence-electron chi connectivity index (χ4n) is 4.66. The van der Waals surface area contributed by atoms with E-state index in [0.717, 1.165) is 60.1 Å². The summed E-state index contributed by atoms with van der Waals surface area (Å²) in [5.74, 6) is 1.93. The summed E-state index contributed by atoms with van der Waals surface area (Å²) in [6.07, 6.45) is 4.95. The first-order valence-corrected chi connectivity index (χ1v) is 11.4. The minimum absolute atomic E-state index is 0.348. The normalized spacial score (nSPS) is 16.3. The van der Waals surface area contributed by atoms with E-state index in [9.17, 15) is 0 Å². The van der Waals surface area contributed by atoms with Crippen LogP contribution in [0.4, 0.5) is 5.95 Å². The monoisotopic (exact) mass is 439 g/mol. The second-order valence-corrected chi connectivity index (χ2v) is 8.80. The Balaban J connectivity index is 1.44. The van der Waals surface area contributed by atoms with Crippen molar-refractivity contribution in [2.45, 2.75) is 18.9 Å². The van der Waals surface area contributed by atoms with Crippen molar-refractivity contribution in [1.82, 2.24) is 19.9 Å². The van der Waals surface area contributed by atoms with Crippen LogP contribution in [-0.4, -0.2) is 54.1 Å². The molecule has 0 bridgehead atoms. The lowest BCUT2D eigenvalue weighted by molar-refractivity contribution is 0.327. The van der Waals surface area contributed by atoms with Crippen molar-refractivity contribution in [3.8, 4) is 16.9 Å². The molecule has 33 heavy (non-hydrogen) atoms. The van der Waals surface area contributed by atoms with Crippen molar-refractivity contribution in [2.75, 3.05) is 39.2 Å². The van der Waals surface area contributed by atoms with Gasteiger partial charge in [-0.05, 0) is 48.4 Å². The van der Waals surface area contributed by atoms with E-state index in [1.807, 2.05) is 49.6 Å². The predicted molar refractivity (Wildman–Crippen MR) is 133 cm³/mol. The van der Waals surface area contributed by atoms with Crippen LogP contribution in [0.1, 0.15) is 23.6 Å². The fourth-order valence-corrected chi connectivity index (χ4v) is 4.66. The molecule has 168 valence electrons. The molecule has 0 spiro atoms. The third-order valence-corrected chi connectivity index (χ3v) is 6.38. The zero-order chi connectivity index (χ0) is 22.8. The minimum Gasteiger partial charge on any atom is -0.497 e. The number of hydrogen-bond acceptors (Lipinski definition) is 6. The van der Waals surface area contributed by atoms with Crippen LogP contribution >= 0.6 is 0 Å². The summed E-state index contributed by atoms with van der Waals surface area (Å²) in [5, 5.41) is 1.23. The standard InChI is InChI=1S/C27H29N5O/c1-31(2)27-29-16-24(19-7-6-8-22(15-19)33-3)26(30-27)21-12-14-32(18-21)17-20-11-13-28-25-10-5-4-9-23(20)25/h4-11,13,15-16,21H,12,14,17-18H2,1-3H3. The van der Waals surface area contributed by atoms with E-state index >= 15 is 0 Å². The molecule has 5 rings (SSSR count). The Hall–Kier alpha value is -3.51. The highest BCUT2D eigenvalue weighted by Crippen LogP contribution is 2.36. The number of methoxy groups -OCH3 is 1. The zero-order valence-corrected chi connectivity index (χ0v) is 19.4. The SMILES string of the molecule is COc1cccc(-c2cnc(N(C)C)nc2C2CCN(Cc3ccnc4ccccc34)C2)c1. The van der Waals surface area contributed by atoms with Gasteiger partial charge in [-0.1, -0.05) is 30.3 Å². The predicted octanol–water partition coefficient (Wildman–Crippen LogP) is 4.76. The molecule has 1 fully saturated rings. The summed E-state index contributed by atoms with van der Waals surface area (Å²) >= 11 is 0. The second-order valence-electron chi connectivity index (χ2n) is 8.80. The molecule has 1 unspecified atom stereocenters. The first kappa shape index (κ1) is 21.3. The molecule has 1 saturated heterocycles. The highest BCUT2D eigenvalue weighted by Gasteiger charge is 2.28. The van der Waals surface area contributed by atoms with E-state index in [0.29, 0.717) is 5.92 Å². The van der Waals surface area contributed by atoms with Crippen molar-refractivity contribution < 1.29 is 4.74 Å². The van der Waals surface area contributed by atoms with Gasteiger partial charge in [0, 0.05) is 56.4 Å². The van der Waals surface area contributed by atoms with E-state index in [-0.39, 0.29) is 0 Å². The summed E-state index contributed by atoms with van der Waals surface area (Å²) in [4.78, 5) is 18.6. The third-order valence-electron chi connectivity index (χ3n) is 6.38. The molecule has 1 aliphatic rings. The minimum atomic E-state index is 0.348. The van der Waals surface area contributed by atoms with Gasteiger partial charge in [0.25, 0.3) is 0 Å². The molecule has 6 heteroatoms. The molecule has 3 heterocycles. The summed E-state index contributed by atoms with van der Waals surface area (Å²) in [7, 11) is 5.67. The number of para-hydroxylation sites is 1. The number of anilines is 1. The van der Waals surface area contributed by atoms with Gasteiger partial charge in [0.15, 0.2) is 0 Å². The van der Waals surface area contributed by atoms with Crippen molar-refractivity contribution in [3.63, 3.8) is 0 Å². The van der Waals surface area contributed by atoms with E-state index < -0.39 is 0 Å². The van der Waals surface area contributed by atoms with Crippen LogP contribution in [0.2, 0.25) is 0 Å². The van der Waals surface area contributed by atoms with Crippen molar-refractivity contribution in [3.05, 3.63) is 78.2 Å². The van der Waals surface area contributed by atoms with Crippen LogP contribution in [0.15, 0.2) is 67.0 Å². The summed E-state index contributed by atoms with van der Waals surface area (Å²) in [6, 6.07) is 18.7. The van der Waals surface area contributed by atoms with Gasteiger partial charge >= 0.3 is 0 Å². The van der Waals surface area contributed by atoms with Gasteiger partial charge in [0.1, 0.15) is 5.75 Å². The molecule has 4 aromatic rings. The molecular formula is C27H29N5O.